The maximum atomic E-state index is 12.7. The average Bonchev–Trinajstić information content (AvgIpc) is 2.68. The zero-order valence-corrected chi connectivity index (χ0v) is 16.4. The Kier molecular flexibility index (Phi) is 6.19. The number of nitrogens with zero attached hydrogens (tertiary/aromatic N) is 1. The predicted molar refractivity (Wildman–Crippen MR) is 111 cm³/mol. The number of rotatable bonds is 6. The van der Waals surface area contributed by atoms with Crippen LogP contribution in [0.15, 0.2) is 48.5 Å². The fourth-order valence-corrected chi connectivity index (χ4v) is 3.39. The molecule has 0 bridgehead atoms. The molecule has 1 heterocycles. The number of carbonyl (C=O) groups is 2. The van der Waals surface area contributed by atoms with Crippen molar-refractivity contribution in [2.45, 2.75) is 32.8 Å². The molecule has 0 spiro atoms. The molecule has 1 fully saturated rings. The van der Waals surface area contributed by atoms with Crippen LogP contribution in [-0.2, 0) is 4.79 Å². The topological polar surface area (TPSA) is 84.7 Å². The second kappa shape index (κ2) is 8.78. The first-order valence-corrected chi connectivity index (χ1v) is 9.65. The summed E-state index contributed by atoms with van der Waals surface area (Å²) in [6.45, 7) is 5.47. The summed E-state index contributed by atoms with van der Waals surface area (Å²) in [7, 11) is 0. The fourth-order valence-electron chi connectivity index (χ4n) is 3.39. The lowest BCUT2D eigenvalue weighted by molar-refractivity contribution is -0.122. The van der Waals surface area contributed by atoms with E-state index in [1.807, 2.05) is 50.2 Å². The number of primary amides is 1. The maximum absolute atomic E-state index is 12.7. The first kappa shape index (κ1) is 19.7. The van der Waals surface area contributed by atoms with Crippen LogP contribution < -0.4 is 20.7 Å². The minimum absolute atomic E-state index is 0.00746. The second-order valence-corrected chi connectivity index (χ2v) is 7.33. The van der Waals surface area contributed by atoms with Gasteiger partial charge in [0.25, 0.3) is 5.91 Å². The highest BCUT2D eigenvalue weighted by Gasteiger charge is 2.23. The third-order valence-corrected chi connectivity index (χ3v) is 4.88. The Bertz CT molecular complexity index is 825. The SMILES string of the molecule is CC(C)Oc1ccccc1C(=O)Nc1ccc(N2CCC(C(N)=O)CC2)cc1. The van der Waals surface area contributed by atoms with E-state index in [0.29, 0.717) is 11.3 Å². The summed E-state index contributed by atoms with van der Waals surface area (Å²) >= 11 is 0. The first-order valence-electron chi connectivity index (χ1n) is 9.65. The van der Waals surface area contributed by atoms with Gasteiger partial charge in [0, 0.05) is 30.4 Å². The highest BCUT2D eigenvalue weighted by atomic mass is 16.5. The van der Waals surface area contributed by atoms with Gasteiger partial charge in [0.1, 0.15) is 5.75 Å². The smallest absolute Gasteiger partial charge is 0.259 e. The fraction of sp³-hybridized carbons (Fsp3) is 0.364. The molecule has 3 rings (SSSR count). The van der Waals surface area contributed by atoms with Crippen molar-refractivity contribution in [2.75, 3.05) is 23.3 Å². The Morgan fingerprint density at radius 3 is 2.32 bits per heavy atom. The van der Waals surface area contributed by atoms with E-state index in [1.165, 1.54) is 0 Å². The molecular weight excluding hydrogens is 354 g/mol. The van der Waals surface area contributed by atoms with Crippen molar-refractivity contribution >= 4 is 23.2 Å². The summed E-state index contributed by atoms with van der Waals surface area (Å²) < 4.78 is 5.73. The largest absolute Gasteiger partial charge is 0.490 e. The Morgan fingerprint density at radius 2 is 1.71 bits per heavy atom. The number of benzene rings is 2. The molecule has 1 aliphatic heterocycles. The summed E-state index contributed by atoms with van der Waals surface area (Å²) in [5.74, 6) is 0.137. The van der Waals surface area contributed by atoms with Crippen molar-refractivity contribution in [1.82, 2.24) is 0 Å². The predicted octanol–water partition coefficient (Wildman–Crippen LogP) is 3.43. The average molecular weight is 381 g/mol. The Hall–Kier alpha value is -3.02. The van der Waals surface area contributed by atoms with Crippen LogP contribution in [0.5, 0.6) is 5.75 Å². The molecule has 2 aromatic rings. The van der Waals surface area contributed by atoms with Crippen molar-refractivity contribution in [2.24, 2.45) is 11.7 Å². The van der Waals surface area contributed by atoms with Gasteiger partial charge in [-0.25, -0.2) is 0 Å². The van der Waals surface area contributed by atoms with E-state index in [0.717, 1.165) is 37.3 Å². The van der Waals surface area contributed by atoms with E-state index in [-0.39, 0.29) is 23.8 Å². The minimum atomic E-state index is -0.209. The van der Waals surface area contributed by atoms with Gasteiger partial charge >= 0.3 is 0 Å². The molecule has 6 heteroatoms. The number of nitrogens with one attached hydrogen (secondary N) is 1. The van der Waals surface area contributed by atoms with Crippen LogP contribution in [0.4, 0.5) is 11.4 Å². The number of carbonyl (C=O) groups excluding carboxylic acids is 2. The molecule has 0 atom stereocenters. The third-order valence-electron chi connectivity index (χ3n) is 4.88. The zero-order chi connectivity index (χ0) is 20.1. The van der Waals surface area contributed by atoms with Crippen LogP contribution in [0.3, 0.4) is 0 Å². The number of anilines is 2. The molecule has 2 aromatic carbocycles. The number of amides is 2. The normalized spacial score (nSPS) is 14.8. The molecule has 28 heavy (non-hydrogen) atoms. The molecule has 1 aliphatic rings. The molecule has 0 radical (unpaired) electrons. The summed E-state index contributed by atoms with van der Waals surface area (Å²) in [4.78, 5) is 26.2. The molecule has 3 N–H and O–H groups in total. The number of hydrogen-bond acceptors (Lipinski definition) is 4. The van der Waals surface area contributed by atoms with Crippen LogP contribution in [0.25, 0.3) is 0 Å². The van der Waals surface area contributed by atoms with Crippen LogP contribution in [0.1, 0.15) is 37.0 Å². The van der Waals surface area contributed by atoms with Gasteiger partial charge in [-0.1, -0.05) is 12.1 Å². The van der Waals surface area contributed by atoms with E-state index in [1.54, 1.807) is 12.1 Å². The lowest BCUT2D eigenvalue weighted by atomic mass is 9.96. The molecule has 0 aromatic heterocycles. The number of para-hydroxylation sites is 1. The first-order chi connectivity index (χ1) is 13.4. The molecule has 0 aliphatic carbocycles. The van der Waals surface area contributed by atoms with Gasteiger partial charge in [-0.2, -0.15) is 0 Å². The molecule has 148 valence electrons. The minimum Gasteiger partial charge on any atom is -0.490 e. The van der Waals surface area contributed by atoms with Crippen molar-refractivity contribution < 1.29 is 14.3 Å². The van der Waals surface area contributed by atoms with Gasteiger partial charge in [-0.05, 0) is 63.1 Å². The Morgan fingerprint density at radius 1 is 1.07 bits per heavy atom. The Labute approximate surface area is 165 Å². The van der Waals surface area contributed by atoms with Gasteiger partial charge in [0.15, 0.2) is 0 Å². The van der Waals surface area contributed by atoms with Gasteiger partial charge in [-0.3, -0.25) is 9.59 Å². The summed E-state index contributed by atoms with van der Waals surface area (Å²) in [5, 5.41) is 2.93. The second-order valence-electron chi connectivity index (χ2n) is 7.33. The summed E-state index contributed by atoms with van der Waals surface area (Å²) in [6.07, 6.45) is 1.55. The lowest BCUT2D eigenvalue weighted by Gasteiger charge is -2.32. The van der Waals surface area contributed by atoms with Crippen molar-refractivity contribution in [3.63, 3.8) is 0 Å². The standard InChI is InChI=1S/C22H27N3O3/c1-15(2)28-20-6-4-3-5-19(20)22(27)24-17-7-9-18(10-8-17)25-13-11-16(12-14-25)21(23)26/h3-10,15-16H,11-14H2,1-2H3,(H2,23,26)(H,24,27). The zero-order valence-electron chi connectivity index (χ0n) is 16.4. The van der Waals surface area contributed by atoms with Crippen LogP contribution >= 0.6 is 0 Å². The number of hydrogen-bond donors (Lipinski definition) is 2. The van der Waals surface area contributed by atoms with Crippen molar-refractivity contribution in [1.29, 1.82) is 0 Å². The van der Waals surface area contributed by atoms with Gasteiger partial charge < -0.3 is 20.7 Å². The van der Waals surface area contributed by atoms with E-state index in [4.69, 9.17) is 10.5 Å². The van der Waals surface area contributed by atoms with Gasteiger partial charge in [0.2, 0.25) is 5.91 Å². The van der Waals surface area contributed by atoms with E-state index in [2.05, 4.69) is 10.2 Å². The van der Waals surface area contributed by atoms with Crippen molar-refractivity contribution in [3.8, 4) is 5.75 Å². The van der Waals surface area contributed by atoms with Gasteiger partial charge in [0.05, 0.1) is 11.7 Å². The monoisotopic (exact) mass is 381 g/mol. The molecule has 6 nitrogen and oxygen atoms in total. The number of ether oxygens (including phenoxy) is 1. The molecule has 1 saturated heterocycles. The summed E-state index contributed by atoms with van der Waals surface area (Å²) in [5.41, 5.74) is 7.70. The van der Waals surface area contributed by atoms with Crippen molar-refractivity contribution in [3.05, 3.63) is 54.1 Å². The van der Waals surface area contributed by atoms with E-state index in [9.17, 15) is 9.59 Å². The quantitative estimate of drug-likeness (QED) is 0.803. The Balaban J connectivity index is 1.63. The third kappa shape index (κ3) is 4.82. The molecular formula is C22H27N3O3. The summed E-state index contributed by atoms with van der Waals surface area (Å²) in [6, 6.07) is 15.0. The highest BCUT2D eigenvalue weighted by molar-refractivity contribution is 6.06. The van der Waals surface area contributed by atoms with Crippen LogP contribution in [0, 0.1) is 5.92 Å². The maximum Gasteiger partial charge on any atom is 0.259 e. The molecule has 0 saturated carbocycles. The lowest BCUT2D eigenvalue weighted by Crippen LogP contribution is -2.38. The number of piperidine rings is 1. The number of nitrogens with two attached hydrogens (primary N) is 1. The molecule has 0 unspecified atom stereocenters. The highest BCUT2D eigenvalue weighted by Crippen LogP contribution is 2.25. The van der Waals surface area contributed by atoms with Crippen LogP contribution in [0.2, 0.25) is 0 Å². The van der Waals surface area contributed by atoms with E-state index < -0.39 is 0 Å². The van der Waals surface area contributed by atoms with Crippen LogP contribution in [-0.4, -0.2) is 31.0 Å². The molecule has 2 amide bonds. The van der Waals surface area contributed by atoms with Gasteiger partial charge in [-0.15, -0.1) is 0 Å². The van der Waals surface area contributed by atoms with E-state index >= 15 is 0 Å².